The number of hydrazine groups is 1. The third-order valence-corrected chi connectivity index (χ3v) is 1.88. The lowest BCUT2D eigenvalue weighted by Gasteiger charge is -2.08. The minimum absolute atomic E-state index is 0.154. The Balaban J connectivity index is 2.36. The molecule has 1 rings (SSSR count). The Hall–Kier alpha value is -1.73. The summed E-state index contributed by atoms with van der Waals surface area (Å²) < 4.78 is 5.29. The standard InChI is InChI=1S/C10H17N5O2/c1-7(2)17-6-5-12-10(16)8-3-4-9(13-11)15-14-8/h3-4,7H,5-6,11H2,1-2H3,(H,12,16)(H,13,15). The Labute approximate surface area is 99.7 Å². The van der Waals surface area contributed by atoms with Crippen molar-refractivity contribution in [3.63, 3.8) is 0 Å². The highest BCUT2D eigenvalue weighted by atomic mass is 16.5. The Morgan fingerprint density at radius 2 is 2.24 bits per heavy atom. The Morgan fingerprint density at radius 3 is 2.76 bits per heavy atom. The van der Waals surface area contributed by atoms with Gasteiger partial charge < -0.3 is 15.5 Å². The first kappa shape index (κ1) is 13.3. The minimum Gasteiger partial charge on any atom is -0.377 e. The number of hydrogen-bond acceptors (Lipinski definition) is 6. The van der Waals surface area contributed by atoms with Gasteiger partial charge in [0.15, 0.2) is 11.5 Å². The molecule has 0 saturated carbocycles. The highest BCUT2D eigenvalue weighted by Gasteiger charge is 2.07. The molecule has 0 fully saturated rings. The van der Waals surface area contributed by atoms with E-state index in [4.69, 9.17) is 10.6 Å². The van der Waals surface area contributed by atoms with E-state index < -0.39 is 0 Å². The van der Waals surface area contributed by atoms with Gasteiger partial charge in [0.1, 0.15) is 0 Å². The van der Waals surface area contributed by atoms with Gasteiger partial charge in [0.2, 0.25) is 0 Å². The molecule has 0 saturated heterocycles. The van der Waals surface area contributed by atoms with E-state index in [1.165, 1.54) is 0 Å². The van der Waals surface area contributed by atoms with Crippen LogP contribution in [0, 0.1) is 0 Å². The van der Waals surface area contributed by atoms with Crippen molar-refractivity contribution in [1.82, 2.24) is 15.5 Å². The van der Waals surface area contributed by atoms with Crippen molar-refractivity contribution in [3.05, 3.63) is 17.8 Å². The quantitative estimate of drug-likeness (QED) is 0.364. The largest absolute Gasteiger partial charge is 0.377 e. The van der Waals surface area contributed by atoms with Crippen LogP contribution in [0.25, 0.3) is 0 Å². The average Bonchev–Trinajstić information content (AvgIpc) is 2.34. The van der Waals surface area contributed by atoms with Gasteiger partial charge in [-0.05, 0) is 26.0 Å². The third-order valence-electron chi connectivity index (χ3n) is 1.88. The maximum absolute atomic E-state index is 11.6. The average molecular weight is 239 g/mol. The lowest BCUT2D eigenvalue weighted by Crippen LogP contribution is -2.29. The molecule has 1 aromatic rings. The number of hydrogen-bond donors (Lipinski definition) is 3. The van der Waals surface area contributed by atoms with Crippen LogP contribution in [0.15, 0.2) is 12.1 Å². The lowest BCUT2D eigenvalue weighted by molar-refractivity contribution is 0.0744. The first-order valence-corrected chi connectivity index (χ1v) is 5.33. The Bertz CT molecular complexity index is 352. The van der Waals surface area contributed by atoms with Gasteiger partial charge in [0, 0.05) is 6.54 Å². The second-order valence-corrected chi connectivity index (χ2v) is 3.62. The molecule has 17 heavy (non-hydrogen) atoms. The van der Waals surface area contributed by atoms with Gasteiger partial charge in [-0.3, -0.25) is 4.79 Å². The van der Waals surface area contributed by atoms with Gasteiger partial charge in [-0.2, -0.15) is 0 Å². The molecule has 0 atom stereocenters. The molecule has 1 amide bonds. The molecular weight excluding hydrogens is 222 g/mol. The summed E-state index contributed by atoms with van der Waals surface area (Å²) in [5.74, 6) is 5.26. The minimum atomic E-state index is -0.284. The predicted molar refractivity (Wildman–Crippen MR) is 63.3 cm³/mol. The summed E-state index contributed by atoms with van der Waals surface area (Å²) in [5.41, 5.74) is 2.58. The Morgan fingerprint density at radius 1 is 1.47 bits per heavy atom. The molecule has 1 aromatic heterocycles. The van der Waals surface area contributed by atoms with Crippen LogP contribution in [-0.2, 0) is 4.74 Å². The molecule has 7 nitrogen and oxygen atoms in total. The van der Waals surface area contributed by atoms with Gasteiger partial charge in [0.25, 0.3) is 5.91 Å². The maximum atomic E-state index is 11.6. The molecule has 0 aliphatic heterocycles. The summed E-state index contributed by atoms with van der Waals surface area (Å²) in [6.45, 7) is 4.78. The maximum Gasteiger partial charge on any atom is 0.271 e. The van der Waals surface area contributed by atoms with Gasteiger partial charge >= 0.3 is 0 Å². The molecule has 0 aliphatic carbocycles. The molecule has 0 aliphatic rings. The van der Waals surface area contributed by atoms with Crippen molar-refractivity contribution >= 4 is 11.7 Å². The summed E-state index contributed by atoms with van der Waals surface area (Å²) in [6, 6.07) is 3.12. The number of nitrogens with zero attached hydrogens (tertiary/aromatic N) is 2. The van der Waals surface area contributed by atoms with E-state index in [9.17, 15) is 4.79 Å². The van der Waals surface area contributed by atoms with Crippen molar-refractivity contribution in [3.8, 4) is 0 Å². The van der Waals surface area contributed by atoms with E-state index in [-0.39, 0.29) is 17.7 Å². The van der Waals surface area contributed by atoms with Crippen molar-refractivity contribution in [2.75, 3.05) is 18.6 Å². The van der Waals surface area contributed by atoms with E-state index >= 15 is 0 Å². The normalized spacial score (nSPS) is 10.4. The van der Waals surface area contributed by atoms with Crippen molar-refractivity contribution < 1.29 is 9.53 Å². The molecule has 0 spiro atoms. The highest BCUT2D eigenvalue weighted by Crippen LogP contribution is 1.99. The number of aromatic nitrogens is 2. The zero-order valence-electron chi connectivity index (χ0n) is 9.93. The van der Waals surface area contributed by atoms with Crippen LogP contribution in [0.1, 0.15) is 24.3 Å². The monoisotopic (exact) mass is 239 g/mol. The number of amides is 1. The lowest BCUT2D eigenvalue weighted by atomic mass is 10.3. The van der Waals surface area contributed by atoms with Crippen molar-refractivity contribution in [2.24, 2.45) is 5.84 Å². The van der Waals surface area contributed by atoms with Gasteiger partial charge in [-0.25, -0.2) is 5.84 Å². The zero-order valence-corrected chi connectivity index (χ0v) is 9.93. The number of nitrogens with one attached hydrogen (secondary N) is 2. The first-order valence-electron chi connectivity index (χ1n) is 5.33. The second kappa shape index (κ2) is 6.77. The molecule has 0 unspecified atom stereocenters. The molecule has 0 radical (unpaired) electrons. The second-order valence-electron chi connectivity index (χ2n) is 3.62. The summed E-state index contributed by atoms with van der Waals surface area (Å²) in [5, 5.41) is 10.1. The van der Waals surface area contributed by atoms with Crippen LogP contribution in [0.3, 0.4) is 0 Å². The molecule has 7 heteroatoms. The van der Waals surface area contributed by atoms with E-state index in [0.29, 0.717) is 19.0 Å². The van der Waals surface area contributed by atoms with E-state index in [0.717, 1.165) is 0 Å². The van der Waals surface area contributed by atoms with Crippen LogP contribution in [0.5, 0.6) is 0 Å². The van der Waals surface area contributed by atoms with Crippen LogP contribution in [-0.4, -0.2) is 35.4 Å². The van der Waals surface area contributed by atoms with Crippen molar-refractivity contribution in [1.29, 1.82) is 0 Å². The summed E-state index contributed by atoms with van der Waals surface area (Å²) in [4.78, 5) is 11.6. The van der Waals surface area contributed by atoms with Crippen LogP contribution in [0.2, 0.25) is 0 Å². The van der Waals surface area contributed by atoms with Crippen LogP contribution >= 0.6 is 0 Å². The number of nitrogens with two attached hydrogens (primary N) is 1. The fourth-order valence-electron chi connectivity index (χ4n) is 1.08. The van der Waals surface area contributed by atoms with Crippen LogP contribution in [0.4, 0.5) is 5.82 Å². The number of ether oxygens (including phenoxy) is 1. The van der Waals surface area contributed by atoms with Crippen LogP contribution < -0.4 is 16.6 Å². The topological polar surface area (TPSA) is 102 Å². The molecule has 1 heterocycles. The van der Waals surface area contributed by atoms with E-state index in [1.807, 2.05) is 13.8 Å². The molecule has 0 bridgehead atoms. The number of anilines is 1. The summed E-state index contributed by atoms with van der Waals surface area (Å²) in [7, 11) is 0. The molecule has 0 aromatic carbocycles. The fraction of sp³-hybridized carbons (Fsp3) is 0.500. The predicted octanol–water partition coefficient (Wildman–Crippen LogP) is -0.0830. The van der Waals surface area contributed by atoms with E-state index in [2.05, 4.69) is 20.9 Å². The number of carbonyl (C=O) groups excluding carboxylic acids is 1. The Kier molecular flexibility index (Phi) is 5.31. The first-order chi connectivity index (χ1) is 8.13. The van der Waals surface area contributed by atoms with Gasteiger partial charge in [0.05, 0.1) is 12.7 Å². The number of carbonyl (C=O) groups is 1. The fourth-order valence-corrected chi connectivity index (χ4v) is 1.08. The number of nitrogen functional groups attached to an aromatic ring is 1. The third kappa shape index (κ3) is 4.75. The molecular formula is C10H17N5O2. The van der Waals surface area contributed by atoms with E-state index in [1.54, 1.807) is 12.1 Å². The van der Waals surface area contributed by atoms with Crippen molar-refractivity contribution in [2.45, 2.75) is 20.0 Å². The molecule has 4 N–H and O–H groups in total. The smallest absolute Gasteiger partial charge is 0.271 e. The summed E-state index contributed by atoms with van der Waals surface area (Å²) in [6.07, 6.45) is 0.154. The van der Waals surface area contributed by atoms with Gasteiger partial charge in [-0.15, -0.1) is 10.2 Å². The molecule has 94 valence electrons. The number of rotatable bonds is 6. The summed E-state index contributed by atoms with van der Waals surface area (Å²) >= 11 is 0. The highest BCUT2D eigenvalue weighted by molar-refractivity contribution is 5.92. The SMILES string of the molecule is CC(C)OCCNC(=O)c1ccc(NN)nn1. The van der Waals surface area contributed by atoms with Gasteiger partial charge in [-0.1, -0.05) is 0 Å². The zero-order chi connectivity index (χ0) is 12.7.